The Hall–Kier alpha value is -0.550. The standard InChI is InChI=1S/C10H14BrClN2O2/c1-7(11)4-6-14-8(3-2-5-12)9(15)13-10(14)16/h2-3,7-8H,4-6H2,1H3,(H,13,15,16). The van der Waals surface area contributed by atoms with Gasteiger partial charge >= 0.3 is 6.03 Å². The van der Waals surface area contributed by atoms with Crippen LogP contribution in [0.2, 0.25) is 0 Å². The third kappa shape index (κ3) is 3.49. The predicted molar refractivity (Wildman–Crippen MR) is 66.9 cm³/mol. The summed E-state index contributed by atoms with van der Waals surface area (Å²) in [6, 6.07) is -0.847. The fourth-order valence-electron chi connectivity index (χ4n) is 1.45. The van der Waals surface area contributed by atoms with Gasteiger partial charge in [0.15, 0.2) is 0 Å². The number of nitrogens with zero attached hydrogens (tertiary/aromatic N) is 1. The van der Waals surface area contributed by atoms with Crippen molar-refractivity contribution in [2.45, 2.75) is 24.2 Å². The number of carbonyl (C=O) groups is 2. The molecule has 0 radical (unpaired) electrons. The van der Waals surface area contributed by atoms with Crippen LogP contribution in [0.5, 0.6) is 0 Å². The van der Waals surface area contributed by atoms with Crippen molar-refractivity contribution in [1.82, 2.24) is 10.2 Å². The first-order valence-corrected chi connectivity index (χ1v) is 6.49. The Morgan fingerprint density at radius 3 is 2.88 bits per heavy atom. The summed E-state index contributed by atoms with van der Waals surface area (Å²) in [7, 11) is 0. The van der Waals surface area contributed by atoms with Crippen molar-refractivity contribution in [3.63, 3.8) is 0 Å². The number of hydrogen-bond donors (Lipinski definition) is 1. The first-order valence-electron chi connectivity index (χ1n) is 5.04. The van der Waals surface area contributed by atoms with Crippen molar-refractivity contribution in [2.24, 2.45) is 0 Å². The number of allylic oxidation sites excluding steroid dienone is 1. The molecule has 6 heteroatoms. The van der Waals surface area contributed by atoms with Gasteiger partial charge in [-0.2, -0.15) is 0 Å². The minimum Gasteiger partial charge on any atom is -0.309 e. The molecule has 1 aliphatic heterocycles. The number of rotatable bonds is 5. The zero-order valence-electron chi connectivity index (χ0n) is 8.95. The lowest BCUT2D eigenvalue weighted by atomic mass is 10.2. The molecule has 0 aromatic heterocycles. The Morgan fingerprint density at radius 1 is 1.62 bits per heavy atom. The number of nitrogens with one attached hydrogen (secondary N) is 1. The van der Waals surface area contributed by atoms with Crippen LogP contribution in [0.3, 0.4) is 0 Å². The fourth-order valence-corrected chi connectivity index (χ4v) is 1.76. The molecule has 1 aliphatic rings. The van der Waals surface area contributed by atoms with E-state index in [1.165, 1.54) is 4.90 Å². The van der Waals surface area contributed by atoms with Crippen LogP contribution >= 0.6 is 27.5 Å². The topological polar surface area (TPSA) is 49.4 Å². The molecule has 0 spiro atoms. The van der Waals surface area contributed by atoms with E-state index in [9.17, 15) is 9.59 Å². The van der Waals surface area contributed by atoms with Crippen LogP contribution in [0.4, 0.5) is 4.79 Å². The smallest absolute Gasteiger partial charge is 0.309 e. The van der Waals surface area contributed by atoms with E-state index in [1.54, 1.807) is 12.2 Å². The summed E-state index contributed by atoms with van der Waals surface area (Å²) in [5.41, 5.74) is 0. The first-order chi connectivity index (χ1) is 7.56. The molecule has 90 valence electrons. The van der Waals surface area contributed by atoms with Gasteiger partial charge in [0.2, 0.25) is 0 Å². The average Bonchev–Trinajstić information content (AvgIpc) is 2.47. The van der Waals surface area contributed by atoms with Crippen LogP contribution in [-0.4, -0.2) is 40.1 Å². The van der Waals surface area contributed by atoms with Gasteiger partial charge in [0, 0.05) is 17.3 Å². The van der Waals surface area contributed by atoms with Crippen molar-refractivity contribution >= 4 is 39.5 Å². The maximum absolute atomic E-state index is 11.5. The summed E-state index contributed by atoms with van der Waals surface area (Å²) in [6.45, 7) is 2.54. The molecule has 0 bridgehead atoms. The van der Waals surface area contributed by atoms with Crippen LogP contribution in [-0.2, 0) is 4.79 Å². The highest BCUT2D eigenvalue weighted by Gasteiger charge is 2.35. The molecule has 1 N–H and O–H groups in total. The van der Waals surface area contributed by atoms with E-state index in [1.807, 2.05) is 6.92 Å². The second-order valence-corrected chi connectivity index (χ2v) is 5.46. The third-order valence-corrected chi connectivity index (χ3v) is 2.91. The van der Waals surface area contributed by atoms with E-state index in [2.05, 4.69) is 21.2 Å². The molecular formula is C10H14BrClN2O2. The lowest BCUT2D eigenvalue weighted by Crippen LogP contribution is -2.35. The van der Waals surface area contributed by atoms with Gasteiger partial charge in [0.1, 0.15) is 6.04 Å². The fraction of sp³-hybridized carbons (Fsp3) is 0.600. The zero-order chi connectivity index (χ0) is 12.1. The van der Waals surface area contributed by atoms with Crippen molar-refractivity contribution in [3.8, 4) is 0 Å². The van der Waals surface area contributed by atoms with Gasteiger partial charge in [-0.25, -0.2) is 4.79 Å². The molecule has 0 aromatic rings. The van der Waals surface area contributed by atoms with Gasteiger partial charge in [0.05, 0.1) is 0 Å². The number of alkyl halides is 2. The second-order valence-electron chi connectivity index (χ2n) is 3.58. The van der Waals surface area contributed by atoms with Gasteiger partial charge < -0.3 is 4.90 Å². The van der Waals surface area contributed by atoms with E-state index in [-0.39, 0.29) is 11.9 Å². The average molecular weight is 310 g/mol. The summed E-state index contributed by atoms with van der Waals surface area (Å²) in [5.74, 6) is 0.0503. The van der Waals surface area contributed by atoms with Gasteiger partial charge in [-0.3, -0.25) is 10.1 Å². The Balaban J connectivity index is 2.66. The van der Waals surface area contributed by atoms with E-state index in [0.29, 0.717) is 17.3 Å². The highest BCUT2D eigenvalue weighted by molar-refractivity contribution is 9.09. The van der Waals surface area contributed by atoms with Crippen molar-refractivity contribution < 1.29 is 9.59 Å². The number of imide groups is 1. The first kappa shape index (κ1) is 13.5. The molecule has 0 aromatic carbocycles. The third-order valence-electron chi connectivity index (χ3n) is 2.27. The minimum absolute atomic E-state index is 0.284. The lowest BCUT2D eigenvalue weighted by molar-refractivity contribution is -0.120. The van der Waals surface area contributed by atoms with Gasteiger partial charge in [-0.05, 0) is 6.42 Å². The summed E-state index contributed by atoms with van der Waals surface area (Å²) in [4.78, 5) is 24.8. The van der Waals surface area contributed by atoms with E-state index < -0.39 is 6.04 Å². The zero-order valence-corrected chi connectivity index (χ0v) is 11.3. The number of hydrogen-bond acceptors (Lipinski definition) is 2. The second kappa shape index (κ2) is 6.25. The molecule has 1 heterocycles. The van der Waals surface area contributed by atoms with Crippen LogP contribution in [0.25, 0.3) is 0 Å². The van der Waals surface area contributed by atoms with Gasteiger partial charge in [0.25, 0.3) is 5.91 Å². The molecule has 4 nitrogen and oxygen atoms in total. The van der Waals surface area contributed by atoms with Crippen LogP contribution in [0.1, 0.15) is 13.3 Å². The SMILES string of the molecule is CC(Br)CCN1C(=O)NC(=O)C1C=CCCl. The molecule has 2 atom stereocenters. The maximum atomic E-state index is 11.5. The van der Waals surface area contributed by atoms with Crippen molar-refractivity contribution in [3.05, 3.63) is 12.2 Å². The van der Waals surface area contributed by atoms with Gasteiger partial charge in [-0.15, -0.1) is 11.6 Å². The Morgan fingerprint density at radius 2 is 2.31 bits per heavy atom. The minimum atomic E-state index is -0.516. The largest absolute Gasteiger partial charge is 0.325 e. The van der Waals surface area contributed by atoms with E-state index >= 15 is 0 Å². The number of amides is 3. The number of halogens is 2. The molecule has 16 heavy (non-hydrogen) atoms. The number of carbonyl (C=O) groups excluding carboxylic acids is 2. The van der Waals surface area contributed by atoms with E-state index in [0.717, 1.165) is 6.42 Å². The summed E-state index contributed by atoms with van der Waals surface area (Å²) >= 11 is 8.92. The summed E-state index contributed by atoms with van der Waals surface area (Å²) in [5, 5.41) is 2.29. The normalized spacial score (nSPS) is 22.9. The molecule has 0 aliphatic carbocycles. The summed E-state index contributed by atoms with van der Waals surface area (Å²) in [6.07, 6.45) is 4.13. The number of urea groups is 1. The maximum Gasteiger partial charge on any atom is 0.325 e. The summed E-state index contributed by atoms with van der Waals surface area (Å²) < 4.78 is 0. The van der Waals surface area contributed by atoms with Crippen LogP contribution in [0.15, 0.2) is 12.2 Å². The molecule has 0 saturated carbocycles. The van der Waals surface area contributed by atoms with Crippen molar-refractivity contribution in [2.75, 3.05) is 12.4 Å². The Labute approximate surface area is 108 Å². The molecule has 2 unspecified atom stereocenters. The Bertz CT molecular complexity index is 307. The Kier molecular flexibility index (Phi) is 5.28. The molecule has 1 saturated heterocycles. The van der Waals surface area contributed by atoms with Crippen molar-refractivity contribution in [1.29, 1.82) is 0 Å². The molecule has 1 rings (SSSR count). The lowest BCUT2D eigenvalue weighted by Gasteiger charge is -2.19. The molecular weight excluding hydrogens is 295 g/mol. The highest BCUT2D eigenvalue weighted by atomic mass is 79.9. The quantitative estimate of drug-likeness (QED) is 0.479. The van der Waals surface area contributed by atoms with Crippen LogP contribution in [0, 0.1) is 0 Å². The highest BCUT2D eigenvalue weighted by Crippen LogP contribution is 2.13. The molecule has 1 fully saturated rings. The van der Waals surface area contributed by atoms with E-state index in [4.69, 9.17) is 11.6 Å². The van der Waals surface area contributed by atoms with Crippen LogP contribution < -0.4 is 5.32 Å². The monoisotopic (exact) mass is 308 g/mol. The molecule has 3 amide bonds. The predicted octanol–water partition coefficient (Wildman–Crippen LogP) is 1.88. The van der Waals surface area contributed by atoms with Gasteiger partial charge in [-0.1, -0.05) is 35.0 Å².